The summed E-state index contributed by atoms with van der Waals surface area (Å²) in [5.74, 6) is 0.411. The summed E-state index contributed by atoms with van der Waals surface area (Å²) in [6.07, 6.45) is 2.18. The third-order valence-corrected chi connectivity index (χ3v) is 3.73. The topological polar surface area (TPSA) is 135 Å². The van der Waals surface area contributed by atoms with Crippen LogP contribution in [0.15, 0.2) is 0 Å². The van der Waals surface area contributed by atoms with Gasteiger partial charge in [-0.25, -0.2) is 4.79 Å². The summed E-state index contributed by atoms with van der Waals surface area (Å²) >= 11 is 4.03. The molecular weight excluding hydrogens is 382 g/mol. The fourth-order valence-corrected chi connectivity index (χ4v) is 2.26. The Morgan fingerprint density at radius 2 is 1.64 bits per heavy atom. The Kier molecular flexibility index (Phi) is 14.6. The molecule has 3 amide bonds. The van der Waals surface area contributed by atoms with E-state index < -0.39 is 17.7 Å². The molecule has 0 bridgehead atoms. The van der Waals surface area contributed by atoms with Gasteiger partial charge in [0.25, 0.3) is 0 Å². The molecule has 0 radical (unpaired) electrons. The molecule has 1 atom stereocenters. The van der Waals surface area contributed by atoms with Crippen LogP contribution in [0.25, 0.3) is 0 Å². The van der Waals surface area contributed by atoms with E-state index in [9.17, 15) is 14.4 Å². The maximum Gasteiger partial charge on any atom is 0.407 e. The summed E-state index contributed by atoms with van der Waals surface area (Å²) in [5, 5.41) is 11.2. The van der Waals surface area contributed by atoms with Crippen LogP contribution >= 0.6 is 12.6 Å². The monoisotopic (exact) mass is 419 g/mol. The second-order valence-corrected chi connectivity index (χ2v) is 7.84. The van der Waals surface area contributed by atoms with Gasteiger partial charge in [-0.1, -0.05) is 6.42 Å². The summed E-state index contributed by atoms with van der Waals surface area (Å²) < 4.78 is 5.10. The van der Waals surface area contributed by atoms with Gasteiger partial charge in [-0.3, -0.25) is 9.59 Å². The van der Waals surface area contributed by atoms with Gasteiger partial charge in [0.1, 0.15) is 5.60 Å². The molecule has 0 aromatic rings. The molecule has 164 valence electrons. The van der Waals surface area contributed by atoms with E-state index in [1.54, 1.807) is 20.8 Å². The van der Waals surface area contributed by atoms with E-state index in [1.165, 1.54) is 0 Å². The molecule has 1 unspecified atom stereocenters. The van der Waals surface area contributed by atoms with Crippen LogP contribution in [0.4, 0.5) is 4.79 Å². The number of amides is 3. The first kappa shape index (κ1) is 26.5. The number of nitrogens with two attached hydrogens (primary N) is 1. The van der Waals surface area contributed by atoms with Crippen LogP contribution in [-0.4, -0.2) is 68.0 Å². The van der Waals surface area contributed by atoms with Crippen molar-refractivity contribution in [1.29, 1.82) is 0 Å². The SMILES string of the molecule is CC(C)(C)OC(=O)NCCNC(=O)C(N)CCCCNCCC(=O)NCCS. The molecule has 0 aromatic heterocycles. The highest BCUT2D eigenvalue weighted by Gasteiger charge is 2.16. The summed E-state index contributed by atoms with van der Waals surface area (Å²) in [5.41, 5.74) is 5.31. The number of thiol groups is 1. The number of hydrogen-bond donors (Lipinski definition) is 6. The lowest BCUT2D eigenvalue weighted by atomic mass is 10.1. The van der Waals surface area contributed by atoms with Gasteiger partial charge in [0, 0.05) is 38.4 Å². The van der Waals surface area contributed by atoms with Gasteiger partial charge in [-0.05, 0) is 40.2 Å². The number of ether oxygens (including phenoxy) is 1. The molecule has 28 heavy (non-hydrogen) atoms. The Bertz CT molecular complexity index is 471. The molecule has 0 aliphatic carbocycles. The van der Waals surface area contributed by atoms with E-state index in [0.29, 0.717) is 38.2 Å². The molecule has 0 fully saturated rings. The Morgan fingerprint density at radius 3 is 2.29 bits per heavy atom. The van der Waals surface area contributed by atoms with Crippen LogP contribution in [-0.2, 0) is 14.3 Å². The highest BCUT2D eigenvalue weighted by atomic mass is 32.1. The zero-order valence-electron chi connectivity index (χ0n) is 17.3. The first-order valence-corrected chi connectivity index (χ1v) is 10.4. The minimum absolute atomic E-state index is 0.0152. The summed E-state index contributed by atoms with van der Waals surface area (Å²) in [6.45, 7) is 7.89. The number of hydrogen-bond acceptors (Lipinski definition) is 7. The Hall–Kier alpha value is -1.52. The average Bonchev–Trinajstić information content (AvgIpc) is 2.60. The number of carbonyl (C=O) groups excluding carboxylic acids is 3. The second kappa shape index (κ2) is 15.4. The molecule has 0 aliphatic rings. The zero-order valence-corrected chi connectivity index (χ0v) is 18.2. The van der Waals surface area contributed by atoms with Gasteiger partial charge < -0.3 is 31.7 Å². The lowest BCUT2D eigenvalue weighted by Crippen LogP contribution is -2.44. The van der Waals surface area contributed by atoms with Crippen molar-refractivity contribution < 1.29 is 19.1 Å². The van der Waals surface area contributed by atoms with Crippen molar-refractivity contribution >= 4 is 30.5 Å². The van der Waals surface area contributed by atoms with Crippen LogP contribution in [0.2, 0.25) is 0 Å². The third kappa shape index (κ3) is 16.6. The van der Waals surface area contributed by atoms with Crippen LogP contribution in [0, 0.1) is 0 Å². The van der Waals surface area contributed by atoms with Gasteiger partial charge in [-0.2, -0.15) is 12.6 Å². The maximum atomic E-state index is 11.9. The van der Waals surface area contributed by atoms with Crippen molar-refractivity contribution in [1.82, 2.24) is 21.3 Å². The molecule has 9 nitrogen and oxygen atoms in total. The van der Waals surface area contributed by atoms with Crippen molar-refractivity contribution in [3.63, 3.8) is 0 Å². The van der Waals surface area contributed by atoms with E-state index in [1.807, 2.05) is 0 Å². The minimum Gasteiger partial charge on any atom is -0.444 e. The van der Waals surface area contributed by atoms with E-state index in [0.717, 1.165) is 19.4 Å². The van der Waals surface area contributed by atoms with Crippen molar-refractivity contribution in [2.45, 2.75) is 58.1 Å². The number of unbranched alkanes of at least 4 members (excludes halogenated alkanes) is 1. The second-order valence-electron chi connectivity index (χ2n) is 7.40. The molecule has 0 spiro atoms. The zero-order chi connectivity index (χ0) is 21.4. The van der Waals surface area contributed by atoms with Crippen molar-refractivity contribution in [2.75, 3.05) is 38.5 Å². The Labute approximate surface area is 173 Å². The van der Waals surface area contributed by atoms with Gasteiger partial charge in [0.05, 0.1) is 6.04 Å². The highest BCUT2D eigenvalue weighted by molar-refractivity contribution is 7.80. The van der Waals surface area contributed by atoms with Crippen molar-refractivity contribution in [3.8, 4) is 0 Å². The Morgan fingerprint density at radius 1 is 0.964 bits per heavy atom. The van der Waals surface area contributed by atoms with Crippen LogP contribution in [0.5, 0.6) is 0 Å². The fraction of sp³-hybridized carbons (Fsp3) is 0.833. The molecule has 0 aliphatic heterocycles. The number of nitrogens with one attached hydrogen (secondary N) is 4. The summed E-state index contributed by atoms with van der Waals surface area (Å²) in [7, 11) is 0. The molecule has 10 heteroatoms. The van der Waals surface area contributed by atoms with Gasteiger partial charge >= 0.3 is 6.09 Å². The van der Waals surface area contributed by atoms with Gasteiger partial charge in [0.2, 0.25) is 11.8 Å². The third-order valence-electron chi connectivity index (χ3n) is 3.51. The van der Waals surface area contributed by atoms with Crippen LogP contribution in [0.1, 0.15) is 46.5 Å². The number of rotatable bonds is 14. The lowest BCUT2D eigenvalue weighted by molar-refractivity contribution is -0.122. The minimum atomic E-state index is -0.575. The largest absolute Gasteiger partial charge is 0.444 e. The fourth-order valence-electron chi connectivity index (χ4n) is 2.15. The summed E-state index contributed by atoms with van der Waals surface area (Å²) in [4.78, 5) is 34.8. The normalized spacial score (nSPS) is 12.2. The number of alkyl carbamates (subject to hydrolysis) is 1. The van der Waals surface area contributed by atoms with E-state index >= 15 is 0 Å². The van der Waals surface area contributed by atoms with Crippen LogP contribution < -0.4 is 27.0 Å². The van der Waals surface area contributed by atoms with E-state index in [4.69, 9.17) is 10.5 Å². The Balaban J connectivity index is 3.61. The number of carbonyl (C=O) groups is 3. The first-order valence-electron chi connectivity index (χ1n) is 9.74. The average molecular weight is 420 g/mol. The predicted molar refractivity (Wildman–Crippen MR) is 113 cm³/mol. The standard InChI is InChI=1S/C18H37N5O4S/c1-18(2,3)27-17(26)23-11-10-22-16(25)14(19)6-4-5-8-20-9-7-15(24)21-12-13-28/h14,20,28H,4-13,19H2,1-3H3,(H,21,24)(H,22,25)(H,23,26). The smallest absolute Gasteiger partial charge is 0.407 e. The molecule has 0 saturated carbocycles. The molecule has 0 aromatic carbocycles. The van der Waals surface area contributed by atoms with Gasteiger partial charge in [-0.15, -0.1) is 0 Å². The van der Waals surface area contributed by atoms with E-state index in [2.05, 4.69) is 33.9 Å². The maximum absolute atomic E-state index is 11.9. The molecular formula is C18H37N5O4S. The summed E-state index contributed by atoms with van der Waals surface area (Å²) in [6, 6.07) is -0.575. The van der Waals surface area contributed by atoms with E-state index in [-0.39, 0.29) is 18.4 Å². The quantitative estimate of drug-likeness (QED) is 0.175. The van der Waals surface area contributed by atoms with Crippen LogP contribution in [0.3, 0.4) is 0 Å². The van der Waals surface area contributed by atoms with Crippen molar-refractivity contribution in [3.05, 3.63) is 0 Å². The lowest BCUT2D eigenvalue weighted by Gasteiger charge is -2.19. The van der Waals surface area contributed by atoms with Gasteiger partial charge in [0.15, 0.2) is 0 Å². The molecule has 0 rings (SSSR count). The predicted octanol–water partition coefficient (Wildman–Crippen LogP) is 0.151. The van der Waals surface area contributed by atoms with Crippen molar-refractivity contribution in [2.24, 2.45) is 5.73 Å². The first-order chi connectivity index (χ1) is 13.2. The molecule has 6 N–H and O–H groups in total. The molecule has 0 heterocycles. The highest BCUT2D eigenvalue weighted by Crippen LogP contribution is 2.06. The molecule has 0 saturated heterocycles.